The van der Waals surface area contributed by atoms with Crippen LogP contribution in [0.5, 0.6) is 0 Å². The van der Waals surface area contributed by atoms with E-state index in [4.69, 9.17) is 5.11 Å². The van der Waals surface area contributed by atoms with Crippen molar-refractivity contribution in [3.63, 3.8) is 0 Å². The summed E-state index contributed by atoms with van der Waals surface area (Å²) >= 11 is 0. The van der Waals surface area contributed by atoms with Gasteiger partial charge in [0, 0.05) is 29.8 Å². The predicted octanol–water partition coefficient (Wildman–Crippen LogP) is 4.61. The number of benzene rings is 2. The van der Waals surface area contributed by atoms with Crippen LogP contribution in [0.3, 0.4) is 0 Å². The Morgan fingerprint density at radius 2 is 1.65 bits per heavy atom. The van der Waals surface area contributed by atoms with Crippen LogP contribution >= 0.6 is 0 Å². The van der Waals surface area contributed by atoms with Crippen LogP contribution in [0.15, 0.2) is 42.1 Å². The van der Waals surface area contributed by atoms with Gasteiger partial charge >= 0.3 is 12.1 Å². The summed E-state index contributed by atoms with van der Waals surface area (Å²) in [5, 5.41) is 8.67. The number of anilines is 2. The molecule has 7 nitrogen and oxygen atoms in total. The second kappa shape index (κ2) is 9.58. The number of amides is 2. The minimum Gasteiger partial charge on any atom is -0.481 e. The van der Waals surface area contributed by atoms with Crippen LogP contribution in [-0.4, -0.2) is 22.9 Å². The summed E-state index contributed by atoms with van der Waals surface area (Å²) in [6.45, 7) is 5.18. The van der Waals surface area contributed by atoms with E-state index >= 15 is 0 Å². The normalized spacial score (nSPS) is 14.6. The zero-order chi connectivity index (χ0) is 25.2. The van der Waals surface area contributed by atoms with Crippen molar-refractivity contribution in [3.8, 4) is 0 Å². The van der Waals surface area contributed by atoms with E-state index in [1.165, 1.54) is 17.9 Å². The Balaban J connectivity index is 1.99. The summed E-state index contributed by atoms with van der Waals surface area (Å²) in [6.07, 6.45) is -4.65. The van der Waals surface area contributed by atoms with Crippen LogP contribution in [0.2, 0.25) is 0 Å². The molecule has 0 radical (unpaired) electrons. The Labute approximate surface area is 194 Å². The maximum absolute atomic E-state index is 13.4. The third-order valence-corrected chi connectivity index (χ3v) is 5.28. The Hall–Kier alpha value is -3.82. The SMILES string of the molecule is C/C(NNC(=O)CCCC(=O)O)=C1/C(=O)N(c2cc(C)cc(C)c2)c2cc(C(F)(F)F)ccc21. The number of carbonyl (C=O) groups excluding carboxylic acids is 2. The molecule has 0 spiro atoms. The number of nitrogens with zero attached hydrogens (tertiary/aromatic N) is 1. The Kier molecular flexibility index (Phi) is 6.99. The average molecular weight is 475 g/mol. The number of aryl methyl sites for hydroxylation is 2. The number of alkyl halides is 3. The second-order valence-electron chi connectivity index (χ2n) is 8.14. The lowest BCUT2D eigenvalue weighted by atomic mass is 10.0. The Morgan fingerprint density at radius 1 is 1.00 bits per heavy atom. The number of carboxylic acid groups (broad SMARTS) is 1. The van der Waals surface area contributed by atoms with E-state index in [-0.39, 0.29) is 36.2 Å². The van der Waals surface area contributed by atoms with Crippen molar-refractivity contribution in [2.24, 2.45) is 0 Å². The van der Waals surface area contributed by atoms with Crippen LogP contribution in [0.25, 0.3) is 5.57 Å². The Morgan fingerprint density at radius 3 is 2.24 bits per heavy atom. The maximum atomic E-state index is 13.4. The highest BCUT2D eigenvalue weighted by Crippen LogP contribution is 2.45. The number of allylic oxidation sites excluding steroid dienone is 1. The third kappa shape index (κ3) is 5.38. The largest absolute Gasteiger partial charge is 0.481 e. The molecule has 34 heavy (non-hydrogen) atoms. The van der Waals surface area contributed by atoms with Crippen LogP contribution in [0.4, 0.5) is 24.5 Å². The molecule has 0 saturated heterocycles. The summed E-state index contributed by atoms with van der Waals surface area (Å²) in [7, 11) is 0. The predicted molar refractivity (Wildman–Crippen MR) is 120 cm³/mol. The number of rotatable bonds is 7. The molecule has 1 heterocycles. The van der Waals surface area contributed by atoms with Gasteiger partial charge in [-0.25, -0.2) is 0 Å². The molecular weight excluding hydrogens is 451 g/mol. The Bertz CT molecular complexity index is 1170. The number of carboxylic acids is 1. The van der Waals surface area contributed by atoms with Gasteiger partial charge in [-0.2, -0.15) is 13.2 Å². The quantitative estimate of drug-likeness (QED) is 0.401. The van der Waals surface area contributed by atoms with Gasteiger partial charge in [-0.05, 0) is 62.6 Å². The second-order valence-corrected chi connectivity index (χ2v) is 8.14. The van der Waals surface area contributed by atoms with Crippen LogP contribution in [0, 0.1) is 13.8 Å². The van der Waals surface area contributed by atoms with Gasteiger partial charge in [0.25, 0.3) is 5.91 Å². The molecule has 0 atom stereocenters. The number of carbonyl (C=O) groups is 3. The van der Waals surface area contributed by atoms with Gasteiger partial charge < -0.3 is 10.5 Å². The van der Waals surface area contributed by atoms with E-state index < -0.39 is 29.5 Å². The first-order valence-corrected chi connectivity index (χ1v) is 10.5. The first-order chi connectivity index (χ1) is 15.9. The van der Waals surface area contributed by atoms with Crippen molar-refractivity contribution in [1.82, 2.24) is 10.9 Å². The molecule has 0 fully saturated rings. The molecule has 10 heteroatoms. The van der Waals surface area contributed by atoms with Crippen molar-refractivity contribution < 1.29 is 32.7 Å². The smallest absolute Gasteiger partial charge is 0.416 e. The summed E-state index contributed by atoms with van der Waals surface area (Å²) in [4.78, 5) is 37.2. The number of aliphatic carboxylic acids is 1. The van der Waals surface area contributed by atoms with Gasteiger partial charge in [-0.15, -0.1) is 0 Å². The molecule has 0 unspecified atom stereocenters. The number of hydrogen-bond acceptors (Lipinski definition) is 4. The van der Waals surface area contributed by atoms with E-state index in [0.717, 1.165) is 23.3 Å². The topological polar surface area (TPSA) is 98.7 Å². The number of halogens is 3. The van der Waals surface area contributed by atoms with E-state index in [9.17, 15) is 27.6 Å². The van der Waals surface area contributed by atoms with Crippen LogP contribution < -0.4 is 15.8 Å². The van der Waals surface area contributed by atoms with Crippen molar-refractivity contribution in [3.05, 3.63) is 64.3 Å². The molecule has 2 aromatic carbocycles. The van der Waals surface area contributed by atoms with Crippen molar-refractivity contribution in [1.29, 1.82) is 0 Å². The van der Waals surface area contributed by atoms with Gasteiger partial charge in [0.1, 0.15) is 0 Å². The standard InChI is InChI=1S/C24H24F3N3O4/c1-13-9-14(2)11-17(10-13)30-19-12-16(24(25,26)27)7-8-18(19)22(23(30)34)15(3)28-29-20(31)5-4-6-21(32)33/h7-12,28H,4-6H2,1-3H3,(H,29,31)(H,32,33)/b22-15-. The molecule has 0 aromatic heterocycles. The number of hydrogen-bond donors (Lipinski definition) is 3. The molecule has 1 aliphatic rings. The molecule has 0 bridgehead atoms. The number of fused-ring (bicyclic) bond motifs is 1. The van der Waals surface area contributed by atoms with Crippen molar-refractivity contribution >= 4 is 34.7 Å². The number of nitrogens with one attached hydrogen (secondary N) is 2. The molecule has 180 valence electrons. The average Bonchev–Trinajstić information content (AvgIpc) is 3.01. The minimum atomic E-state index is -4.59. The molecule has 2 aromatic rings. The van der Waals surface area contributed by atoms with Gasteiger partial charge in [0.05, 0.1) is 16.8 Å². The first-order valence-electron chi connectivity index (χ1n) is 10.5. The fraction of sp³-hybridized carbons (Fsp3) is 0.292. The zero-order valence-corrected chi connectivity index (χ0v) is 18.8. The minimum absolute atomic E-state index is 0.0456. The lowest BCUT2D eigenvalue weighted by Crippen LogP contribution is -2.37. The first kappa shape index (κ1) is 24.8. The van der Waals surface area contributed by atoms with Gasteiger partial charge in [0.2, 0.25) is 5.91 Å². The van der Waals surface area contributed by atoms with Gasteiger partial charge in [-0.3, -0.25) is 24.7 Å². The van der Waals surface area contributed by atoms with E-state index in [2.05, 4.69) is 10.9 Å². The van der Waals surface area contributed by atoms with Gasteiger partial charge in [-0.1, -0.05) is 12.1 Å². The van der Waals surface area contributed by atoms with Crippen LogP contribution in [0.1, 0.15) is 48.4 Å². The lowest BCUT2D eigenvalue weighted by molar-refractivity contribution is -0.138. The van der Waals surface area contributed by atoms with E-state index in [0.29, 0.717) is 11.3 Å². The summed E-state index contributed by atoms with van der Waals surface area (Å²) in [6, 6.07) is 8.41. The zero-order valence-electron chi connectivity index (χ0n) is 18.8. The lowest BCUT2D eigenvalue weighted by Gasteiger charge is -2.20. The van der Waals surface area contributed by atoms with Gasteiger partial charge in [0.15, 0.2) is 0 Å². The van der Waals surface area contributed by atoms with Crippen LogP contribution in [-0.2, 0) is 20.6 Å². The van der Waals surface area contributed by atoms with Crippen molar-refractivity contribution in [2.75, 3.05) is 4.90 Å². The molecule has 3 rings (SSSR count). The molecule has 0 aliphatic carbocycles. The van der Waals surface area contributed by atoms with Crippen molar-refractivity contribution in [2.45, 2.75) is 46.2 Å². The summed E-state index contributed by atoms with van der Waals surface area (Å²) in [5.41, 5.74) is 7.02. The summed E-state index contributed by atoms with van der Waals surface area (Å²) in [5.74, 6) is -2.04. The molecule has 0 saturated carbocycles. The highest BCUT2D eigenvalue weighted by molar-refractivity contribution is 6.35. The summed E-state index contributed by atoms with van der Waals surface area (Å²) < 4.78 is 40.2. The van der Waals surface area contributed by atoms with E-state index in [1.807, 2.05) is 19.9 Å². The molecule has 3 N–H and O–H groups in total. The highest BCUT2D eigenvalue weighted by Gasteiger charge is 2.39. The monoisotopic (exact) mass is 475 g/mol. The number of hydrazine groups is 1. The van der Waals surface area contributed by atoms with E-state index in [1.54, 1.807) is 12.1 Å². The fourth-order valence-corrected chi connectivity index (χ4v) is 3.83. The molecular formula is C24H24F3N3O4. The fourth-order valence-electron chi connectivity index (χ4n) is 3.83. The maximum Gasteiger partial charge on any atom is 0.416 e. The molecule has 1 aliphatic heterocycles. The third-order valence-electron chi connectivity index (χ3n) is 5.28. The highest BCUT2D eigenvalue weighted by atomic mass is 19.4. The molecule has 2 amide bonds.